The van der Waals surface area contributed by atoms with E-state index in [1.165, 1.54) is 25.7 Å². The molecule has 3 rings (SSSR count). The van der Waals surface area contributed by atoms with E-state index in [1.54, 1.807) is 0 Å². The maximum Gasteiger partial charge on any atom is 0.142 e. The van der Waals surface area contributed by atoms with Crippen LogP contribution in [0.3, 0.4) is 0 Å². The highest BCUT2D eigenvalue weighted by Gasteiger charge is 2.01. The van der Waals surface area contributed by atoms with Gasteiger partial charge in [0.25, 0.3) is 0 Å². The van der Waals surface area contributed by atoms with Crippen LogP contribution in [-0.4, -0.2) is 13.2 Å². The Bertz CT molecular complexity index is 960. The lowest BCUT2D eigenvalue weighted by molar-refractivity contribution is 0.297. The van der Waals surface area contributed by atoms with Gasteiger partial charge in [0.05, 0.1) is 30.5 Å². The highest BCUT2D eigenvalue weighted by molar-refractivity contribution is 5.64. The van der Waals surface area contributed by atoms with Crippen molar-refractivity contribution in [2.75, 3.05) is 18.9 Å². The van der Waals surface area contributed by atoms with Crippen LogP contribution in [0.5, 0.6) is 11.5 Å². The Morgan fingerprint density at radius 2 is 1.19 bits per heavy atom. The van der Waals surface area contributed by atoms with Crippen molar-refractivity contribution >= 4 is 5.69 Å². The Labute approximate surface area is 185 Å². The molecule has 0 aliphatic rings. The zero-order valence-corrected chi connectivity index (χ0v) is 17.9. The van der Waals surface area contributed by atoms with Gasteiger partial charge in [0.15, 0.2) is 0 Å². The highest BCUT2D eigenvalue weighted by Crippen LogP contribution is 2.23. The van der Waals surface area contributed by atoms with Gasteiger partial charge in [-0.3, -0.25) is 0 Å². The third-order valence-electron chi connectivity index (χ3n) is 5.19. The number of nitrogens with two attached hydrogens (primary N) is 1. The average Bonchev–Trinajstić information content (AvgIpc) is 2.82. The molecule has 0 aliphatic carbocycles. The van der Waals surface area contributed by atoms with Crippen LogP contribution in [0.25, 0.3) is 11.1 Å². The number of ether oxygens (including phenoxy) is 2. The number of benzene rings is 3. The fraction of sp³-hybridized carbons (Fsp3) is 0.296. The minimum Gasteiger partial charge on any atom is -0.494 e. The summed E-state index contributed by atoms with van der Waals surface area (Å²) in [6.07, 6.45) is 6.90. The summed E-state index contributed by atoms with van der Waals surface area (Å²) in [6, 6.07) is 25.5. The minimum atomic E-state index is 0.675. The van der Waals surface area contributed by atoms with E-state index in [2.05, 4.69) is 18.2 Å². The SMILES string of the molecule is N#Cc1ccc(-c2ccc(OCCCCCCCCOc3ccccc3N)cc2)cc1. The molecule has 0 spiro atoms. The van der Waals surface area contributed by atoms with E-state index < -0.39 is 0 Å². The van der Waals surface area contributed by atoms with Crippen LogP contribution in [0.2, 0.25) is 0 Å². The quantitative estimate of drug-likeness (QED) is 0.267. The maximum absolute atomic E-state index is 8.89. The molecule has 3 aromatic rings. The van der Waals surface area contributed by atoms with E-state index in [4.69, 9.17) is 20.5 Å². The molecule has 0 aliphatic heterocycles. The van der Waals surface area contributed by atoms with Crippen LogP contribution in [0.1, 0.15) is 44.1 Å². The predicted octanol–water partition coefficient (Wildman–Crippen LogP) is 6.61. The lowest BCUT2D eigenvalue weighted by Gasteiger charge is -2.09. The largest absolute Gasteiger partial charge is 0.494 e. The third kappa shape index (κ3) is 7.38. The Morgan fingerprint density at radius 3 is 1.81 bits per heavy atom. The van der Waals surface area contributed by atoms with Gasteiger partial charge in [0.2, 0.25) is 0 Å². The molecule has 160 valence electrons. The molecule has 0 bridgehead atoms. The van der Waals surface area contributed by atoms with Gasteiger partial charge in [-0.1, -0.05) is 62.1 Å². The van der Waals surface area contributed by atoms with Gasteiger partial charge in [-0.25, -0.2) is 0 Å². The molecule has 0 saturated heterocycles. The van der Waals surface area contributed by atoms with Gasteiger partial charge in [0.1, 0.15) is 11.5 Å². The molecule has 0 unspecified atom stereocenters. The number of hydrogen-bond donors (Lipinski definition) is 1. The standard InChI is InChI=1S/C27H30N2O2/c28-21-22-11-13-23(14-12-22)24-15-17-25(18-16-24)30-19-7-3-1-2-4-8-20-31-27-10-6-5-9-26(27)29/h5-6,9-18H,1-4,7-8,19-20,29H2. The van der Waals surface area contributed by atoms with E-state index in [-0.39, 0.29) is 0 Å². The molecule has 0 fully saturated rings. The van der Waals surface area contributed by atoms with E-state index in [1.807, 2.05) is 60.7 Å². The second kappa shape index (κ2) is 12.3. The zero-order valence-electron chi connectivity index (χ0n) is 17.9. The van der Waals surface area contributed by atoms with Crippen molar-refractivity contribution in [2.45, 2.75) is 38.5 Å². The molecule has 0 aromatic heterocycles. The van der Waals surface area contributed by atoms with Crippen LogP contribution in [0.15, 0.2) is 72.8 Å². The Morgan fingerprint density at radius 1 is 0.645 bits per heavy atom. The van der Waals surface area contributed by atoms with Gasteiger partial charge in [0, 0.05) is 0 Å². The van der Waals surface area contributed by atoms with E-state index >= 15 is 0 Å². The second-order valence-corrected chi connectivity index (χ2v) is 7.57. The van der Waals surface area contributed by atoms with Crippen LogP contribution in [0.4, 0.5) is 5.69 Å². The van der Waals surface area contributed by atoms with Crippen LogP contribution in [-0.2, 0) is 0 Å². The Hall–Kier alpha value is -3.45. The summed E-state index contributed by atoms with van der Waals surface area (Å²) in [4.78, 5) is 0. The first kappa shape index (κ1) is 22.2. The average molecular weight is 415 g/mol. The highest BCUT2D eigenvalue weighted by atomic mass is 16.5. The molecule has 0 amide bonds. The predicted molar refractivity (Wildman–Crippen MR) is 126 cm³/mol. The van der Waals surface area contributed by atoms with Gasteiger partial charge < -0.3 is 15.2 Å². The Balaban J connectivity index is 1.23. The summed E-state index contributed by atoms with van der Waals surface area (Å²) < 4.78 is 11.6. The van der Waals surface area contributed by atoms with Crippen LogP contribution in [0, 0.1) is 11.3 Å². The number of rotatable bonds is 12. The number of para-hydroxylation sites is 2. The molecular weight excluding hydrogens is 384 g/mol. The molecule has 31 heavy (non-hydrogen) atoms. The van der Waals surface area contributed by atoms with Crippen molar-refractivity contribution < 1.29 is 9.47 Å². The van der Waals surface area contributed by atoms with Crippen molar-refractivity contribution in [3.8, 4) is 28.7 Å². The van der Waals surface area contributed by atoms with Gasteiger partial charge >= 0.3 is 0 Å². The maximum atomic E-state index is 8.89. The van der Waals surface area contributed by atoms with Crippen molar-refractivity contribution in [3.63, 3.8) is 0 Å². The number of anilines is 1. The fourth-order valence-electron chi connectivity index (χ4n) is 3.38. The molecule has 4 heteroatoms. The first-order valence-corrected chi connectivity index (χ1v) is 11.0. The third-order valence-corrected chi connectivity index (χ3v) is 5.19. The molecule has 0 saturated carbocycles. The van der Waals surface area contributed by atoms with E-state index in [9.17, 15) is 0 Å². The number of nitrogen functional groups attached to an aromatic ring is 1. The summed E-state index contributed by atoms with van der Waals surface area (Å²) >= 11 is 0. The zero-order chi connectivity index (χ0) is 21.7. The first-order valence-electron chi connectivity index (χ1n) is 11.0. The topological polar surface area (TPSA) is 68.3 Å². The summed E-state index contributed by atoms with van der Waals surface area (Å²) in [5.41, 5.74) is 9.47. The monoisotopic (exact) mass is 414 g/mol. The summed E-state index contributed by atoms with van der Waals surface area (Å²) in [5.74, 6) is 1.68. The smallest absolute Gasteiger partial charge is 0.142 e. The lowest BCUT2D eigenvalue weighted by atomic mass is 10.0. The van der Waals surface area contributed by atoms with Crippen LogP contribution >= 0.6 is 0 Å². The first-order chi connectivity index (χ1) is 15.3. The van der Waals surface area contributed by atoms with Gasteiger partial charge in [-0.05, 0) is 60.4 Å². The van der Waals surface area contributed by atoms with Crippen LogP contribution < -0.4 is 15.2 Å². The lowest BCUT2D eigenvalue weighted by Crippen LogP contribution is -2.00. The summed E-state index contributed by atoms with van der Waals surface area (Å²) in [6.45, 7) is 1.46. The molecule has 0 radical (unpaired) electrons. The van der Waals surface area contributed by atoms with E-state index in [0.717, 1.165) is 48.7 Å². The molecular formula is C27H30N2O2. The second-order valence-electron chi connectivity index (χ2n) is 7.57. The number of unbranched alkanes of at least 4 members (excludes halogenated alkanes) is 5. The molecule has 0 atom stereocenters. The van der Waals surface area contributed by atoms with Crippen molar-refractivity contribution in [3.05, 3.63) is 78.4 Å². The number of nitrogens with zero attached hydrogens (tertiary/aromatic N) is 1. The molecule has 4 nitrogen and oxygen atoms in total. The van der Waals surface area contributed by atoms with Crippen molar-refractivity contribution in [1.29, 1.82) is 5.26 Å². The van der Waals surface area contributed by atoms with Crippen molar-refractivity contribution in [1.82, 2.24) is 0 Å². The minimum absolute atomic E-state index is 0.675. The van der Waals surface area contributed by atoms with Gasteiger partial charge in [-0.2, -0.15) is 5.26 Å². The normalized spacial score (nSPS) is 10.4. The summed E-state index contributed by atoms with van der Waals surface area (Å²) in [7, 11) is 0. The fourth-order valence-corrected chi connectivity index (χ4v) is 3.38. The molecule has 2 N–H and O–H groups in total. The molecule has 3 aromatic carbocycles. The Kier molecular flexibility index (Phi) is 8.82. The summed E-state index contributed by atoms with van der Waals surface area (Å²) in [5, 5.41) is 8.89. The van der Waals surface area contributed by atoms with Crippen molar-refractivity contribution in [2.24, 2.45) is 0 Å². The van der Waals surface area contributed by atoms with Gasteiger partial charge in [-0.15, -0.1) is 0 Å². The number of nitriles is 1. The van der Waals surface area contributed by atoms with E-state index in [0.29, 0.717) is 11.3 Å². The number of hydrogen-bond acceptors (Lipinski definition) is 4. The molecule has 0 heterocycles.